The molecule has 0 radical (unpaired) electrons. The van der Waals surface area contributed by atoms with Crippen molar-refractivity contribution in [3.63, 3.8) is 0 Å². The first kappa shape index (κ1) is 27.8. The molecule has 0 aliphatic carbocycles. The first-order valence-electron chi connectivity index (χ1n) is 11.3. The number of piperidine rings is 1. The number of hydrogen-bond donors (Lipinski definition) is 3. The van der Waals surface area contributed by atoms with Gasteiger partial charge in [-0.05, 0) is 49.2 Å². The number of amides is 2. The topological polar surface area (TPSA) is 102 Å². The lowest BCUT2D eigenvalue weighted by atomic mass is 9.85. The van der Waals surface area contributed by atoms with Crippen LogP contribution >= 0.6 is 0 Å². The van der Waals surface area contributed by atoms with Gasteiger partial charge in [0.05, 0.1) is 6.67 Å². The van der Waals surface area contributed by atoms with Gasteiger partial charge < -0.3 is 25.5 Å². The Hall–Kier alpha value is -3.74. The first-order valence-corrected chi connectivity index (χ1v) is 11.3. The monoisotopic (exact) mass is 528 g/mol. The van der Waals surface area contributed by atoms with Crippen LogP contribution in [0.4, 0.5) is 27.6 Å². The van der Waals surface area contributed by atoms with Crippen LogP contribution in [0.25, 0.3) is 0 Å². The number of nitrogens with one attached hydrogen (secondary N) is 2. The molecule has 37 heavy (non-hydrogen) atoms. The SMILES string of the molecule is O=C(NCCN1CCC2(CC1)C(=O)NCN2c1cccc(F)c1)c1cccc(F)c1.O=C(O)C(F)(F)F. The fourth-order valence-corrected chi connectivity index (χ4v) is 4.27. The van der Waals surface area contributed by atoms with Gasteiger partial charge in [-0.1, -0.05) is 12.1 Å². The second-order valence-corrected chi connectivity index (χ2v) is 8.51. The number of alkyl halides is 3. The van der Waals surface area contributed by atoms with Crippen LogP contribution in [0.15, 0.2) is 48.5 Å². The number of anilines is 1. The van der Waals surface area contributed by atoms with Crippen molar-refractivity contribution in [3.8, 4) is 0 Å². The molecule has 2 aromatic rings. The van der Waals surface area contributed by atoms with Crippen LogP contribution in [-0.2, 0) is 9.59 Å². The predicted octanol–water partition coefficient (Wildman–Crippen LogP) is 2.76. The molecule has 8 nitrogen and oxygen atoms in total. The van der Waals surface area contributed by atoms with E-state index in [9.17, 15) is 31.5 Å². The zero-order valence-corrected chi connectivity index (χ0v) is 19.5. The Balaban J connectivity index is 0.000000479. The van der Waals surface area contributed by atoms with E-state index in [1.54, 1.807) is 12.1 Å². The van der Waals surface area contributed by atoms with Gasteiger partial charge >= 0.3 is 12.1 Å². The van der Waals surface area contributed by atoms with E-state index in [4.69, 9.17) is 9.90 Å². The van der Waals surface area contributed by atoms with Crippen LogP contribution in [0.5, 0.6) is 0 Å². The van der Waals surface area contributed by atoms with E-state index in [0.717, 1.165) is 0 Å². The summed E-state index contributed by atoms with van der Waals surface area (Å²) in [6.45, 7) is 2.82. The molecule has 2 heterocycles. The minimum absolute atomic E-state index is 0.0224. The van der Waals surface area contributed by atoms with Crippen LogP contribution in [0.2, 0.25) is 0 Å². The van der Waals surface area contributed by atoms with Crippen LogP contribution in [0, 0.1) is 11.6 Å². The molecule has 3 N–H and O–H groups in total. The number of aliphatic carboxylic acids is 1. The Morgan fingerprint density at radius 3 is 2.19 bits per heavy atom. The molecular weight excluding hydrogens is 503 g/mol. The highest BCUT2D eigenvalue weighted by molar-refractivity contribution is 5.94. The Morgan fingerprint density at radius 1 is 1.03 bits per heavy atom. The summed E-state index contributed by atoms with van der Waals surface area (Å²) in [5, 5.41) is 12.8. The third kappa shape index (κ3) is 6.94. The van der Waals surface area contributed by atoms with Gasteiger partial charge in [-0.25, -0.2) is 13.6 Å². The highest BCUT2D eigenvalue weighted by Gasteiger charge is 2.50. The predicted molar refractivity (Wildman–Crippen MR) is 123 cm³/mol. The zero-order valence-electron chi connectivity index (χ0n) is 19.5. The van der Waals surface area contributed by atoms with Gasteiger partial charge in [0.2, 0.25) is 5.91 Å². The smallest absolute Gasteiger partial charge is 0.475 e. The van der Waals surface area contributed by atoms with Gasteiger partial charge in [0, 0.05) is 37.4 Å². The number of halogens is 5. The summed E-state index contributed by atoms with van der Waals surface area (Å²) in [4.78, 5) is 37.8. The van der Waals surface area contributed by atoms with E-state index in [1.807, 2.05) is 11.0 Å². The maximum atomic E-state index is 13.7. The Bertz CT molecular complexity index is 1140. The van der Waals surface area contributed by atoms with Gasteiger partial charge in [-0.15, -0.1) is 0 Å². The van der Waals surface area contributed by atoms with Gasteiger partial charge in [0.1, 0.15) is 17.2 Å². The zero-order chi connectivity index (χ0) is 27.2. The lowest BCUT2D eigenvalue weighted by Crippen LogP contribution is -2.57. The third-order valence-corrected chi connectivity index (χ3v) is 6.18. The molecule has 4 rings (SSSR count). The van der Waals surface area contributed by atoms with Crippen LogP contribution in [0.3, 0.4) is 0 Å². The number of nitrogens with zero attached hydrogens (tertiary/aromatic N) is 2. The molecule has 0 unspecified atom stereocenters. The summed E-state index contributed by atoms with van der Waals surface area (Å²) in [5.74, 6) is -3.86. The molecule has 2 fully saturated rings. The van der Waals surface area contributed by atoms with E-state index in [2.05, 4.69) is 15.5 Å². The standard InChI is InChI=1S/C22H24F2N4O2.C2HF3O2/c23-17-4-1-3-16(13-17)20(29)25-9-12-27-10-7-22(8-11-27)21(30)26-15-28(22)19-6-2-5-18(24)14-19;3-2(4,5)1(6)7/h1-6,13-14H,7-12,15H2,(H,25,29)(H,26,30);(H,6,7). The lowest BCUT2D eigenvalue weighted by molar-refractivity contribution is -0.192. The molecule has 13 heteroatoms. The van der Waals surface area contributed by atoms with Gasteiger partial charge in [0.25, 0.3) is 5.91 Å². The summed E-state index contributed by atoms with van der Waals surface area (Å²) < 4.78 is 58.7. The van der Waals surface area contributed by atoms with Crippen molar-refractivity contribution in [2.45, 2.75) is 24.6 Å². The van der Waals surface area contributed by atoms with Crippen LogP contribution < -0.4 is 15.5 Å². The molecule has 1 spiro atoms. The molecular formula is C24H25F5N4O4. The second-order valence-electron chi connectivity index (χ2n) is 8.51. The summed E-state index contributed by atoms with van der Waals surface area (Å²) in [6.07, 6.45) is -3.85. The molecule has 0 atom stereocenters. The quantitative estimate of drug-likeness (QED) is 0.516. The van der Waals surface area contributed by atoms with Gasteiger partial charge in [-0.2, -0.15) is 13.2 Å². The fourth-order valence-electron chi connectivity index (χ4n) is 4.27. The molecule has 2 aromatic carbocycles. The number of carboxylic acids is 1. The molecule has 2 saturated heterocycles. The fraction of sp³-hybridized carbons (Fsp3) is 0.375. The number of benzene rings is 2. The Labute approximate surface area is 209 Å². The Morgan fingerprint density at radius 2 is 1.62 bits per heavy atom. The number of likely N-dealkylation sites (tertiary alicyclic amines) is 1. The van der Waals surface area contributed by atoms with Crippen molar-refractivity contribution in [1.82, 2.24) is 15.5 Å². The van der Waals surface area contributed by atoms with Crippen molar-refractivity contribution in [2.75, 3.05) is 37.7 Å². The average molecular weight is 528 g/mol. The van der Waals surface area contributed by atoms with Crippen LogP contribution in [-0.4, -0.2) is 72.4 Å². The van der Waals surface area contributed by atoms with Crippen molar-refractivity contribution in [1.29, 1.82) is 0 Å². The van der Waals surface area contributed by atoms with Gasteiger partial charge in [-0.3, -0.25) is 9.59 Å². The van der Waals surface area contributed by atoms with Crippen molar-refractivity contribution in [2.24, 2.45) is 0 Å². The largest absolute Gasteiger partial charge is 0.490 e. The summed E-state index contributed by atoms with van der Waals surface area (Å²) in [7, 11) is 0. The Kier molecular flexibility index (Phi) is 8.69. The third-order valence-electron chi connectivity index (χ3n) is 6.18. The number of rotatable bonds is 5. The molecule has 2 amide bonds. The summed E-state index contributed by atoms with van der Waals surface area (Å²) in [5.41, 5.74) is 0.319. The van der Waals surface area contributed by atoms with E-state index in [0.29, 0.717) is 56.9 Å². The highest BCUT2D eigenvalue weighted by atomic mass is 19.4. The van der Waals surface area contributed by atoms with E-state index >= 15 is 0 Å². The second kappa shape index (κ2) is 11.5. The number of carbonyl (C=O) groups excluding carboxylic acids is 2. The molecule has 2 aliphatic heterocycles. The maximum Gasteiger partial charge on any atom is 0.490 e. The number of hydrogen-bond acceptors (Lipinski definition) is 5. The van der Waals surface area contributed by atoms with E-state index in [1.165, 1.54) is 30.3 Å². The van der Waals surface area contributed by atoms with Crippen molar-refractivity contribution >= 4 is 23.5 Å². The van der Waals surface area contributed by atoms with Crippen molar-refractivity contribution < 1.29 is 41.4 Å². The van der Waals surface area contributed by atoms with Crippen LogP contribution in [0.1, 0.15) is 23.2 Å². The average Bonchev–Trinajstić information content (AvgIpc) is 3.15. The molecule has 0 saturated carbocycles. The van der Waals surface area contributed by atoms with Gasteiger partial charge in [0.15, 0.2) is 0 Å². The summed E-state index contributed by atoms with van der Waals surface area (Å²) >= 11 is 0. The molecule has 0 aromatic heterocycles. The first-order chi connectivity index (χ1) is 17.4. The summed E-state index contributed by atoms with van der Waals surface area (Å²) in [6, 6.07) is 11.9. The molecule has 200 valence electrons. The number of carboxylic acid groups (broad SMARTS) is 1. The number of carbonyl (C=O) groups is 3. The maximum absolute atomic E-state index is 13.7. The lowest BCUT2D eigenvalue weighted by Gasteiger charge is -2.43. The minimum Gasteiger partial charge on any atom is -0.475 e. The molecule has 0 bridgehead atoms. The molecule has 2 aliphatic rings. The highest BCUT2D eigenvalue weighted by Crippen LogP contribution is 2.36. The van der Waals surface area contributed by atoms with E-state index in [-0.39, 0.29) is 17.6 Å². The minimum atomic E-state index is -5.08. The normalized spacial score (nSPS) is 17.1. The van der Waals surface area contributed by atoms with E-state index < -0.39 is 23.5 Å². The van der Waals surface area contributed by atoms with Crippen molar-refractivity contribution in [3.05, 3.63) is 65.7 Å².